The topological polar surface area (TPSA) is 62.4 Å². The molecule has 0 amide bonds. The number of aliphatic imine (C=N–C) groups is 1. The van der Waals surface area contributed by atoms with Gasteiger partial charge >= 0.3 is 0 Å². The molecule has 0 aromatic heterocycles. The molecule has 0 spiro atoms. The fourth-order valence-corrected chi connectivity index (χ4v) is 2.13. The summed E-state index contributed by atoms with van der Waals surface area (Å²) in [5, 5.41) is 3.37. The number of hydrogen-bond donors (Lipinski definition) is 3. The van der Waals surface area contributed by atoms with Crippen molar-refractivity contribution in [3.63, 3.8) is 0 Å². The second kappa shape index (κ2) is 8.39. The van der Waals surface area contributed by atoms with Crippen LogP contribution in [0.4, 0.5) is 0 Å². The molecule has 94 valence electrons. The Bertz CT molecular complexity index is 197. The van der Waals surface area contributed by atoms with Crippen LogP contribution in [0.3, 0.4) is 0 Å². The van der Waals surface area contributed by atoms with E-state index in [1.165, 1.54) is 44.9 Å². The van der Waals surface area contributed by atoms with Gasteiger partial charge in [-0.1, -0.05) is 39.0 Å². The van der Waals surface area contributed by atoms with Crippen molar-refractivity contribution in [3.05, 3.63) is 0 Å². The van der Waals surface area contributed by atoms with Gasteiger partial charge in [0.05, 0.1) is 0 Å². The van der Waals surface area contributed by atoms with Gasteiger partial charge in [0.1, 0.15) is 0 Å². The van der Waals surface area contributed by atoms with Gasteiger partial charge in [-0.2, -0.15) is 0 Å². The van der Waals surface area contributed by atoms with E-state index in [1.807, 2.05) is 0 Å². The normalized spacial score (nSPS) is 17.8. The van der Waals surface area contributed by atoms with Crippen LogP contribution in [0.1, 0.15) is 58.3 Å². The van der Waals surface area contributed by atoms with Crippen LogP contribution in [0, 0.1) is 0 Å². The van der Waals surface area contributed by atoms with Gasteiger partial charge < -0.3 is 5.32 Å². The van der Waals surface area contributed by atoms with Crippen LogP contribution >= 0.6 is 0 Å². The molecule has 0 aliphatic heterocycles. The third-order valence-electron chi connectivity index (χ3n) is 3.11. The first-order valence-corrected chi connectivity index (χ1v) is 6.64. The Morgan fingerprint density at radius 3 is 2.62 bits per heavy atom. The molecule has 1 aliphatic carbocycles. The van der Waals surface area contributed by atoms with Gasteiger partial charge in [0.2, 0.25) is 5.96 Å². The molecule has 0 radical (unpaired) electrons. The van der Waals surface area contributed by atoms with E-state index in [2.05, 4.69) is 22.7 Å². The maximum absolute atomic E-state index is 5.45. The minimum Gasteiger partial charge on any atom is -0.353 e. The largest absolute Gasteiger partial charge is 0.353 e. The molecule has 0 heterocycles. The zero-order valence-electron chi connectivity index (χ0n) is 10.5. The Balaban J connectivity index is 2.15. The molecule has 0 aromatic carbocycles. The summed E-state index contributed by atoms with van der Waals surface area (Å²) in [5.74, 6) is 6.22. The minimum atomic E-state index is 0.574. The molecule has 0 saturated heterocycles. The molecule has 4 N–H and O–H groups in total. The number of nitrogens with zero attached hydrogens (tertiary/aromatic N) is 1. The number of hydrogen-bond acceptors (Lipinski definition) is 2. The Morgan fingerprint density at radius 1 is 1.25 bits per heavy atom. The minimum absolute atomic E-state index is 0.574. The van der Waals surface area contributed by atoms with Crippen molar-refractivity contribution in [2.45, 2.75) is 64.3 Å². The molecule has 1 saturated carbocycles. The summed E-state index contributed by atoms with van der Waals surface area (Å²) in [6.07, 6.45) is 10.1. The van der Waals surface area contributed by atoms with Gasteiger partial charge in [-0.3, -0.25) is 10.4 Å². The lowest BCUT2D eigenvalue weighted by Gasteiger charge is -2.14. The first-order valence-electron chi connectivity index (χ1n) is 6.64. The van der Waals surface area contributed by atoms with Crippen molar-refractivity contribution in [1.29, 1.82) is 0 Å². The van der Waals surface area contributed by atoms with Crippen molar-refractivity contribution >= 4 is 5.96 Å². The van der Waals surface area contributed by atoms with Crippen molar-refractivity contribution in [1.82, 2.24) is 10.7 Å². The van der Waals surface area contributed by atoms with Crippen LogP contribution in [0.25, 0.3) is 0 Å². The monoisotopic (exact) mass is 226 g/mol. The van der Waals surface area contributed by atoms with Gasteiger partial charge in [0.25, 0.3) is 0 Å². The summed E-state index contributed by atoms with van der Waals surface area (Å²) >= 11 is 0. The van der Waals surface area contributed by atoms with E-state index in [4.69, 9.17) is 5.84 Å². The number of nitrogens with two attached hydrogens (primary N) is 1. The number of rotatable bonds is 6. The van der Waals surface area contributed by atoms with E-state index < -0.39 is 0 Å². The van der Waals surface area contributed by atoms with Gasteiger partial charge in [0.15, 0.2) is 0 Å². The SMILES string of the molecule is CCCCCCN=C(NN)NC1CCCC1. The van der Waals surface area contributed by atoms with E-state index >= 15 is 0 Å². The molecule has 0 bridgehead atoms. The Morgan fingerprint density at radius 2 is 2.00 bits per heavy atom. The summed E-state index contributed by atoms with van der Waals surface area (Å²) in [7, 11) is 0. The lowest BCUT2D eigenvalue weighted by molar-refractivity contribution is 0.610. The van der Waals surface area contributed by atoms with Crippen LogP contribution in [0.2, 0.25) is 0 Å². The smallest absolute Gasteiger partial charge is 0.205 e. The molecular weight excluding hydrogens is 200 g/mol. The number of guanidine groups is 1. The third kappa shape index (κ3) is 5.35. The maximum Gasteiger partial charge on any atom is 0.205 e. The number of unbranched alkanes of at least 4 members (excludes halogenated alkanes) is 3. The first kappa shape index (κ1) is 13.3. The zero-order chi connectivity index (χ0) is 11.6. The highest BCUT2D eigenvalue weighted by molar-refractivity contribution is 5.79. The van der Waals surface area contributed by atoms with Crippen molar-refractivity contribution in [2.24, 2.45) is 10.8 Å². The molecule has 1 fully saturated rings. The second-order valence-electron chi connectivity index (χ2n) is 4.56. The average Bonchev–Trinajstić information content (AvgIpc) is 2.80. The molecule has 0 unspecified atom stereocenters. The van der Waals surface area contributed by atoms with E-state index in [1.54, 1.807) is 0 Å². The Kier molecular flexibility index (Phi) is 6.97. The molecular formula is C12H26N4. The summed E-state index contributed by atoms with van der Waals surface area (Å²) in [6.45, 7) is 3.09. The second-order valence-corrected chi connectivity index (χ2v) is 4.56. The molecule has 1 aliphatic rings. The van der Waals surface area contributed by atoms with Gasteiger partial charge in [0, 0.05) is 12.6 Å². The quantitative estimate of drug-likeness (QED) is 0.213. The molecule has 1 rings (SSSR count). The van der Waals surface area contributed by atoms with Gasteiger partial charge in [-0.15, -0.1) is 0 Å². The highest BCUT2D eigenvalue weighted by atomic mass is 15.3. The van der Waals surface area contributed by atoms with Crippen molar-refractivity contribution in [3.8, 4) is 0 Å². The van der Waals surface area contributed by atoms with Crippen LogP contribution < -0.4 is 16.6 Å². The van der Waals surface area contributed by atoms with E-state index in [0.717, 1.165) is 18.9 Å². The Hall–Kier alpha value is -0.770. The molecule has 4 heteroatoms. The Labute approximate surface area is 99.1 Å². The van der Waals surface area contributed by atoms with Gasteiger partial charge in [-0.25, -0.2) is 5.84 Å². The van der Waals surface area contributed by atoms with Crippen molar-refractivity contribution in [2.75, 3.05) is 6.54 Å². The van der Waals surface area contributed by atoms with E-state index in [-0.39, 0.29) is 0 Å². The fourth-order valence-electron chi connectivity index (χ4n) is 2.13. The predicted octanol–water partition coefficient (Wildman–Crippen LogP) is 1.92. The average molecular weight is 226 g/mol. The molecule has 4 nitrogen and oxygen atoms in total. The molecule has 0 atom stereocenters. The van der Waals surface area contributed by atoms with Crippen LogP contribution in [0.5, 0.6) is 0 Å². The highest BCUT2D eigenvalue weighted by Gasteiger charge is 2.15. The van der Waals surface area contributed by atoms with Crippen LogP contribution in [-0.2, 0) is 0 Å². The van der Waals surface area contributed by atoms with E-state index in [0.29, 0.717) is 6.04 Å². The third-order valence-corrected chi connectivity index (χ3v) is 3.11. The lowest BCUT2D eigenvalue weighted by atomic mass is 10.2. The van der Waals surface area contributed by atoms with Crippen molar-refractivity contribution < 1.29 is 0 Å². The number of hydrazine groups is 1. The summed E-state index contributed by atoms with van der Waals surface area (Å²) in [4.78, 5) is 4.45. The summed E-state index contributed by atoms with van der Waals surface area (Å²) in [6, 6.07) is 0.574. The predicted molar refractivity (Wildman–Crippen MR) is 69.2 cm³/mol. The summed E-state index contributed by atoms with van der Waals surface area (Å²) in [5.41, 5.74) is 2.66. The summed E-state index contributed by atoms with van der Waals surface area (Å²) < 4.78 is 0. The van der Waals surface area contributed by atoms with Gasteiger partial charge in [-0.05, 0) is 19.3 Å². The first-order chi connectivity index (χ1) is 7.86. The van der Waals surface area contributed by atoms with E-state index in [9.17, 15) is 0 Å². The highest BCUT2D eigenvalue weighted by Crippen LogP contribution is 2.17. The van der Waals surface area contributed by atoms with Crippen LogP contribution in [-0.4, -0.2) is 18.5 Å². The maximum atomic E-state index is 5.45. The fraction of sp³-hybridized carbons (Fsp3) is 0.917. The zero-order valence-corrected chi connectivity index (χ0v) is 10.5. The lowest BCUT2D eigenvalue weighted by Crippen LogP contribution is -2.45. The van der Waals surface area contributed by atoms with Crippen LogP contribution in [0.15, 0.2) is 4.99 Å². The molecule has 16 heavy (non-hydrogen) atoms. The standard InChI is InChI=1S/C12H26N4/c1-2-3-4-7-10-14-12(16-13)15-11-8-5-6-9-11/h11H,2-10,13H2,1H3,(H2,14,15,16). The molecule has 0 aromatic rings. The number of nitrogens with one attached hydrogen (secondary N) is 2.